The van der Waals surface area contributed by atoms with E-state index in [-0.39, 0.29) is 18.2 Å². The van der Waals surface area contributed by atoms with Crippen LogP contribution in [0.3, 0.4) is 0 Å². The quantitative estimate of drug-likeness (QED) is 0.604. The minimum atomic E-state index is -0.0526. The fourth-order valence-corrected chi connectivity index (χ4v) is 3.72. The van der Waals surface area contributed by atoms with Gasteiger partial charge in [0.1, 0.15) is 5.75 Å². The third-order valence-corrected chi connectivity index (χ3v) is 5.10. The Morgan fingerprint density at radius 1 is 1.11 bits per heavy atom. The number of benzene rings is 2. The first-order chi connectivity index (χ1) is 13.6. The molecule has 0 unspecified atom stereocenters. The summed E-state index contributed by atoms with van der Waals surface area (Å²) in [7, 11) is 1.62. The lowest BCUT2D eigenvalue weighted by Gasteiger charge is -2.07. The molecule has 0 aliphatic carbocycles. The van der Waals surface area contributed by atoms with Crippen molar-refractivity contribution in [2.45, 2.75) is 32.7 Å². The number of thiazole rings is 1. The Labute approximate surface area is 167 Å². The van der Waals surface area contributed by atoms with E-state index < -0.39 is 0 Å². The van der Waals surface area contributed by atoms with E-state index in [4.69, 9.17) is 4.74 Å². The van der Waals surface area contributed by atoms with E-state index in [0.717, 1.165) is 33.5 Å². The van der Waals surface area contributed by atoms with Gasteiger partial charge in [0, 0.05) is 13.0 Å². The van der Waals surface area contributed by atoms with Crippen LogP contribution >= 0.6 is 11.3 Å². The first kappa shape index (κ1) is 19.8. The zero-order valence-corrected chi connectivity index (χ0v) is 16.8. The van der Waals surface area contributed by atoms with Crippen LogP contribution in [0.2, 0.25) is 0 Å². The number of anilines is 1. The van der Waals surface area contributed by atoms with Crippen molar-refractivity contribution < 1.29 is 14.3 Å². The number of nitrogens with one attached hydrogen (secondary N) is 2. The van der Waals surface area contributed by atoms with Gasteiger partial charge in [-0.3, -0.25) is 9.59 Å². The molecule has 2 N–H and O–H groups in total. The number of carbonyl (C=O) groups excluding carboxylic acids is 2. The number of hydrogen-bond donors (Lipinski definition) is 2. The summed E-state index contributed by atoms with van der Waals surface area (Å²) in [5, 5.41) is 6.34. The Bertz CT molecular complexity index is 984. The van der Waals surface area contributed by atoms with E-state index in [9.17, 15) is 9.59 Å². The molecule has 3 rings (SSSR count). The summed E-state index contributed by atoms with van der Waals surface area (Å²) in [6.07, 6.45) is 1.57. The van der Waals surface area contributed by atoms with Gasteiger partial charge in [-0.05, 0) is 41.8 Å². The number of methoxy groups -OCH3 is 1. The molecule has 0 aliphatic heterocycles. The largest absolute Gasteiger partial charge is 0.497 e. The normalized spacial score (nSPS) is 10.6. The Kier molecular flexibility index (Phi) is 6.60. The molecular formula is C21H23N3O3S. The first-order valence-electron chi connectivity index (χ1n) is 9.16. The van der Waals surface area contributed by atoms with Gasteiger partial charge in [-0.15, -0.1) is 0 Å². The molecule has 0 saturated carbocycles. The Morgan fingerprint density at radius 2 is 1.96 bits per heavy atom. The Balaban J connectivity index is 1.60. The average Bonchev–Trinajstić information content (AvgIpc) is 3.08. The number of ether oxygens (including phenoxy) is 1. The summed E-state index contributed by atoms with van der Waals surface area (Å²) >= 11 is 1.42. The highest BCUT2D eigenvalue weighted by atomic mass is 32.1. The van der Waals surface area contributed by atoms with E-state index in [1.165, 1.54) is 11.3 Å². The number of amides is 2. The van der Waals surface area contributed by atoms with Crippen molar-refractivity contribution in [1.82, 2.24) is 10.3 Å². The zero-order valence-electron chi connectivity index (χ0n) is 16.0. The minimum absolute atomic E-state index is 0.0290. The maximum Gasteiger partial charge on any atom is 0.226 e. The number of fused-ring (bicyclic) bond motifs is 1. The molecule has 0 fully saturated rings. The van der Waals surface area contributed by atoms with Crippen LogP contribution in [0.5, 0.6) is 5.75 Å². The summed E-state index contributed by atoms with van der Waals surface area (Å²) in [5.74, 6) is 0.686. The molecule has 1 heterocycles. The molecule has 2 amide bonds. The summed E-state index contributed by atoms with van der Waals surface area (Å²) in [5.41, 5.74) is 2.71. The standard InChI is InChI=1S/C21H23N3O3S/c1-3-5-19(25)24-21-23-17-9-8-14(11-18(17)28-21)12-20(26)22-13-15-6-4-7-16(10-15)27-2/h4,6-11H,3,5,12-13H2,1-2H3,(H,22,26)(H,23,24,25). The second kappa shape index (κ2) is 9.32. The van der Waals surface area contributed by atoms with E-state index in [0.29, 0.717) is 18.1 Å². The molecule has 0 atom stereocenters. The Hall–Kier alpha value is -2.93. The van der Waals surface area contributed by atoms with Crippen LogP contribution in [0.15, 0.2) is 42.5 Å². The first-order valence-corrected chi connectivity index (χ1v) is 9.98. The van der Waals surface area contributed by atoms with Crippen LogP contribution < -0.4 is 15.4 Å². The van der Waals surface area contributed by atoms with Crippen molar-refractivity contribution >= 4 is 38.5 Å². The summed E-state index contributed by atoms with van der Waals surface area (Å²) in [4.78, 5) is 28.4. The van der Waals surface area contributed by atoms with Crippen molar-refractivity contribution in [3.8, 4) is 5.75 Å². The highest BCUT2D eigenvalue weighted by Gasteiger charge is 2.10. The van der Waals surface area contributed by atoms with Crippen molar-refractivity contribution in [2.24, 2.45) is 0 Å². The van der Waals surface area contributed by atoms with Gasteiger partial charge in [-0.1, -0.05) is 36.5 Å². The lowest BCUT2D eigenvalue weighted by Crippen LogP contribution is -2.24. The van der Waals surface area contributed by atoms with Crippen LogP contribution in [-0.2, 0) is 22.6 Å². The van der Waals surface area contributed by atoms with E-state index in [1.807, 2.05) is 49.4 Å². The van der Waals surface area contributed by atoms with Crippen LogP contribution in [0.1, 0.15) is 30.9 Å². The fourth-order valence-electron chi connectivity index (χ4n) is 2.77. The number of hydrogen-bond acceptors (Lipinski definition) is 5. The summed E-state index contributed by atoms with van der Waals surface area (Å²) in [6.45, 7) is 2.41. The third kappa shape index (κ3) is 5.29. The van der Waals surface area contributed by atoms with Gasteiger partial charge in [0.05, 0.1) is 23.7 Å². The lowest BCUT2D eigenvalue weighted by molar-refractivity contribution is -0.120. The minimum Gasteiger partial charge on any atom is -0.497 e. The third-order valence-electron chi connectivity index (χ3n) is 4.16. The van der Waals surface area contributed by atoms with E-state index in [1.54, 1.807) is 7.11 Å². The number of aromatic nitrogens is 1. The maximum absolute atomic E-state index is 12.3. The topological polar surface area (TPSA) is 80.3 Å². The average molecular weight is 398 g/mol. The predicted octanol–water partition coefficient (Wildman–Crippen LogP) is 3.90. The highest BCUT2D eigenvalue weighted by Crippen LogP contribution is 2.27. The highest BCUT2D eigenvalue weighted by molar-refractivity contribution is 7.22. The van der Waals surface area contributed by atoms with Gasteiger partial charge in [-0.25, -0.2) is 4.98 Å². The molecular weight excluding hydrogens is 374 g/mol. The molecule has 7 heteroatoms. The molecule has 1 aromatic heterocycles. The molecule has 146 valence electrons. The molecule has 0 spiro atoms. The molecule has 3 aromatic rings. The molecule has 0 bridgehead atoms. The van der Waals surface area contributed by atoms with E-state index >= 15 is 0 Å². The van der Waals surface area contributed by atoms with Crippen molar-refractivity contribution in [2.75, 3.05) is 12.4 Å². The molecule has 0 radical (unpaired) electrons. The van der Waals surface area contributed by atoms with Gasteiger partial charge < -0.3 is 15.4 Å². The number of carbonyl (C=O) groups is 2. The zero-order chi connectivity index (χ0) is 19.9. The monoisotopic (exact) mass is 397 g/mol. The predicted molar refractivity (Wildman–Crippen MR) is 112 cm³/mol. The van der Waals surface area contributed by atoms with Crippen LogP contribution in [0.25, 0.3) is 10.2 Å². The van der Waals surface area contributed by atoms with Crippen LogP contribution in [-0.4, -0.2) is 23.9 Å². The van der Waals surface area contributed by atoms with Crippen molar-refractivity contribution in [1.29, 1.82) is 0 Å². The smallest absolute Gasteiger partial charge is 0.226 e. The van der Waals surface area contributed by atoms with Crippen molar-refractivity contribution in [3.05, 3.63) is 53.6 Å². The molecule has 6 nitrogen and oxygen atoms in total. The fraction of sp³-hybridized carbons (Fsp3) is 0.286. The van der Waals surface area contributed by atoms with Crippen LogP contribution in [0, 0.1) is 0 Å². The molecule has 28 heavy (non-hydrogen) atoms. The van der Waals surface area contributed by atoms with E-state index in [2.05, 4.69) is 15.6 Å². The second-order valence-electron chi connectivity index (χ2n) is 6.42. The Morgan fingerprint density at radius 3 is 2.75 bits per heavy atom. The lowest BCUT2D eigenvalue weighted by atomic mass is 10.1. The van der Waals surface area contributed by atoms with Gasteiger partial charge in [0.2, 0.25) is 11.8 Å². The van der Waals surface area contributed by atoms with Gasteiger partial charge in [0.15, 0.2) is 5.13 Å². The molecule has 0 aliphatic rings. The summed E-state index contributed by atoms with van der Waals surface area (Å²) in [6, 6.07) is 13.3. The number of rotatable bonds is 8. The summed E-state index contributed by atoms with van der Waals surface area (Å²) < 4.78 is 6.14. The molecule has 0 saturated heterocycles. The van der Waals surface area contributed by atoms with Crippen LogP contribution in [0.4, 0.5) is 5.13 Å². The van der Waals surface area contributed by atoms with Gasteiger partial charge in [0.25, 0.3) is 0 Å². The SMILES string of the molecule is CCCC(=O)Nc1nc2ccc(CC(=O)NCc3cccc(OC)c3)cc2s1. The van der Waals surface area contributed by atoms with Crippen molar-refractivity contribution in [3.63, 3.8) is 0 Å². The maximum atomic E-state index is 12.3. The second-order valence-corrected chi connectivity index (χ2v) is 7.45. The number of nitrogens with zero attached hydrogens (tertiary/aromatic N) is 1. The molecule has 2 aromatic carbocycles. The van der Waals surface area contributed by atoms with Gasteiger partial charge >= 0.3 is 0 Å². The van der Waals surface area contributed by atoms with Gasteiger partial charge in [-0.2, -0.15) is 0 Å².